The molecule has 0 heterocycles. The Bertz CT molecular complexity index is 520. The fourth-order valence-corrected chi connectivity index (χ4v) is 1.64. The van der Waals surface area contributed by atoms with Gasteiger partial charge in [0.2, 0.25) is 0 Å². The van der Waals surface area contributed by atoms with Gasteiger partial charge in [-0.05, 0) is 24.1 Å². The van der Waals surface area contributed by atoms with E-state index >= 15 is 0 Å². The molecule has 108 valence electrons. The maximum absolute atomic E-state index is 13.7. The predicted octanol–water partition coefficient (Wildman–Crippen LogP) is 1.15. The van der Waals surface area contributed by atoms with E-state index in [4.69, 9.17) is 10.5 Å². The van der Waals surface area contributed by atoms with Crippen LogP contribution in [0.2, 0.25) is 0 Å². The largest absolute Gasteiger partial charge is 0.384 e. The predicted molar refractivity (Wildman–Crippen MR) is 75.7 cm³/mol. The van der Waals surface area contributed by atoms with Gasteiger partial charge in [0.1, 0.15) is 5.82 Å². The third-order valence-corrected chi connectivity index (χ3v) is 2.61. The highest BCUT2D eigenvalue weighted by molar-refractivity contribution is 5.94. The molecule has 1 aromatic carbocycles. The van der Waals surface area contributed by atoms with Crippen molar-refractivity contribution in [3.63, 3.8) is 0 Å². The molecule has 0 aliphatic carbocycles. The van der Waals surface area contributed by atoms with Crippen LogP contribution in [-0.2, 0) is 4.74 Å². The molecule has 1 rings (SSSR count). The number of nitrogens with two attached hydrogens (primary N) is 1. The molecular weight excluding hydrogens is 259 g/mol. The van der Waals surface area contributed by atoms with Gasteiger partial charge < -0.3 is 15.8 Å². The zero-order valence-corrected chi connectivity index (χ0v) is 11.7. The maximum atomic E-state index is 13.7. The van der Waals surface area contributed by atoms with Crippen LogP contribution in [-0.4, -0.2) is 32.7 Å². The van der Waals surface area contributed by atoms with Crippen molar-refractivity contribution in [2.24, 2.45) is 11.7 Å². The quantitative estimate of drug-likeness (QED) is 0.794. The molecule has 1 unspecified atom stereocenters. The first-order valence-corrected chi connectivity index (χ1v) is 6.34. The minimum atomic E-state index is -0.569. The van der Waals surface area contributed by atoms with Crippen molar-refractivity contribution in [2.75, 3.05) is 26.8 Å². The minimum absolute atomic E-state index is 0.0153. The summed E-state index contributed by atoms with van der Waals surface area (Å²) in [6, 6.07) is 4.17. The fraction of sp³-hybridized carbons (Fsp3) is 0.400. The highest BCUT2D eigenvalue weighted by Gasteiger charge is 2.13. The van der Waals surface area contributed by atoms with Crippen LogP contribution in [0.1, 0.15) is 22.8 Å². The van der Waals surface area contributed by atoms with E-state index in [1.807, 2.05) is 6.92 Å². The number of carbonyl (C=O) groups excluding carboxylic acids is 1. The van der Waals surface area contributed by atoms with E-state index in [2.05, 4.69) is 17.2 Å². The van der Waals surface area contributed by atoms with E-state index in [-0.39, 0.29) is 18.0 Å². The van der Waals surface area contributed by atoms with Crippen molar-refractivity contribution in [3.05, 3.63) is 35.1 Å². The lowest BCUT2D eigenvalue weighted by molar-refractivity contribution is 0.0930. The number of ether oxygens (including phenoxy) is 1. The number of carbonyl (C=O) groups is 1. The van der Waals surface area contributed by atoms with Crippen LogP contribution in [0.15, 0.2) is 18.2 Å². The van der Waals surface area contributed by atoms with Gasteiger partial charge in [-0.15, -0.1) is 0 Å². The Morgan fingerprint density at radius 1 is 1.55 bits per heavy atom. The highest BCUT2D eigenvalue weighted by Crippen LogP contribution is 2.10. The van der Waals surface area contributed by atoms with Gasteiger partial charge in [0, 0.05) is 19.2 Å². The Kier molecular flexibility index (Phi) is 6.71. The molecule has 0 saturated heterocycles. The van der Waals surface area contributed by atoms with Crippen molar-refractivity contribution >= 4 is 5.91 Å². The second-order valence-electron chi connectivity index (χ2n) is 4.47. The molecule has 1 amide bonds. The van der Waals surface area contributed by atoms with Gasteiger partial charge in [-0.2, -0.15) is 0 Å². The molecule has 1 atom stereocenters. The lowest BCUT2D eigenvalue weighted by Gasteiger charge is -2.12. The molecule has 0 fully saturated rings. The Labute approximate surface area is 118 Å². The molecule has 0 aromatic heterocycles. The van der Waals surface area contributed by atoms with Gasteiger partial charge in [-0.1, -0.05) is 18.8 Å². The van der Waals surface area contributed by atoms with Crippen molar-refractivity contribution in [1.82, 2.24) is 5.32 Å². The SMILES string of the molecule is COCC(C)CNC(=O)c1cc(C#CCN)ccc1F. The van der Waals surface area contributed by atoms with Crippen molar-refractivity contribution in [1.29, 1.82) is 0 Å². The lowest BCUT2D eigenvalue weighted by Crippen LogP contribution is -2.30. The number of benzene rings is 1. The summed E-state index contributed by atoms with van der Waals surface area (Å²) in [6.45, 7) is 3.10. The molecule has 0 bridgehead atoms. The molecule has 5 heteroatoms. The first-order valence-electron chi connectivity index (χ1n) is 6.34. The second-order valence-corrected chi connectivity index (χ2v) is 4.47. The van der Waals surface area contributed by atoms with Crippen molar-refractivity contribution in [2.45, 2.75) is 6.92 Å². The summed E-state index contributed by atoms with van der Waals surface area (Å²) in [5, 5.41) is 2.68. The van der Waals surface area contributed by atoms with Gasteiger partial charge in [0.05, 0.1) is 18.7 Å². The van der Waals surface area contributed by atoms with Gasteiger partial charge in [0.15, 0.2) is 0 Å². The Hall–Kier alpha value is -1.90. The Morgan fingerprint density at radius 3 is 2.95 bits per heavy atom. The van der Waals surface area contributed by atoms with Crippen LogP contribution < -0.4 is 11.1 Å². The number of methoxy groups -OCH3 is 1. The van der Waals surface area contributed by atoms with Crippen LogP contribution >= 0.6 is 0 Å². The average molecular weight is 278 g/mol. The van der Waals surface area contributed by atoms with Crippen LogP contribution in [0.4, 0.5) is 4.39 Å². The van der Waals surface area contributed by atoms with Gasteiger partial charge >= 0.3 is 0 Å². The molecule has 0 radical (unpaired) electrons. The molecule has 20 heavy (non-hydrogen) atoms. The third-order valence-electron chi connectivity index (χ3n) is 2.61. The Balaban J connectivity index is 2.76. The van der Waals surface area contributed by atoms with Crippen molar-refractivity contribution in [3.8, 4) is 11.8 Å². The summed E-state index contributed by atoms with van der Waals surface area (Å²) < 4.78 is 18.6. The number of rotatable bonds is 5. The molecule has 1 aromatic rings. The first kappa shape index (κ1) is 16.2. The highest BCUT2D eigenvalue weighted by atomic mass is 19.1. The minimum Gasteiger partial charge on any atom is -0.384 e. The first-order chi connectivity index (χ1) is 9.58. The topological polar surface area (TPSA) is 64.3 Å². The summed E-state index contributed by atoms with van der Waals surface area (Å²) in [4.78, 5) is 11.9. The van der Waals surface area contributed by atoms with Gasteiger partial charge in [0.25, 0.3) is 5.91 Å². The standard InChI is InChI=1S/C15H19FN2O2/c1-11(10-20-2)9-18-15(19)13-8-12(4-3-7-17)5-6-14(13)16/h5-6,8,11H,7,9-10,17H2,1-2H3,(H,18,19). The number of nitrogens with one attached hydrogen (secondary N) is 1. The summed E-state index contributed by atoms with van der Waals surface area (Å²) in [7, 11) is 1.59. The zero-order valence-electron chi connectivity index (χ0n) is 11.7. The molecule has 0 spiro atoms. The molecule has 0 saturated carbocycles. The smallest absolute Gasteiger partial charge is 0.254 e. The number of halogens is 1. The number of amides is 1. The van der Waals surface area contributed by atoms with E-state index < -0.39 is 11.7 Å². The monoisotopic (exact) mass is 278 g/mol. The van der Waals surface area contributed by atoms with E-state index in [1.165, 1.54) is 18.2 Å². The van der Waals surface area contributed by atoms with E-state index in [9.17, 15) is 9.18 Å². The van der Waals surface area contributed by atoms with Crippen LogP contribution in [0, 0.1) is 23.6 Å². The Morgan fingerprint density at radius 2 is 2.30 bits per heavy atom. The maximum Gasteiger partial charge on any atom is 0.254 e. The molecule has 0 aliphatic heterocycles. The second kappa shape index (κ2) is 8.31. The van der Waals surface area contributed by atoms with Gasteiger partial charge in [-0.3, -0.25) is 4.79 Å². The summed E-state index contributed by atoms with van der Waals surface area (Å²) >= 11 is 0. The zero-order chi connectivity index (χ0) is 15.0. The van der Waals surface area contributed by atoms with Crippen molar-refractivity contribution < 1.29 is 13.9 Å². The molecule has 0 aliphatic rings. The van der Waals surface area contributed by atoms with E-state index in [1.54, 1.807) is 7.11 Å². The number of hydrogen-bond donors (Lipinski definition) is 2. The molecular formula is C15H19FN2O2. The van der Waals surface area contributed by atoms with E-state index in [0.717, 1.165) is 0 Å². The lowest BCUT2D eigenvalue weighted by atomic mass is 10.1. The third kappa shape index (κ3) is 5.00. The summed E-state index contributed by atoms with van der Waals surface area (Å²) in [5.74, 6) is 4.57. The fourth-order valence-electron chi connectivity index (χ4n) is 1.64. The summed E-state index contributed by atoms with van der Waals surface area (Å²) in [5.41, 5.74) is 5.82. The van der Waals surface area contributed by atoms with E-state index in [0.29, 0.717) is 18.7 Å². The average Bonchev–Trinajstić information content (AvgIpc) is 2.44. The number of hydrogen-bond acceptors (Lipinski definition) is 3. The van der Waals surface area contributed by atoms with Crippen LogP contribution in [0.25, 0.3) is 0 Å². The van der Waals surface area contributed by atoms with Gasteiger partial charge in [-0.25, -0.2) is 4.39 Å². The normalized spacial score (nSPS) is 11.4. The summed E-state index contributed by atoms with van der Waals surface area (Å²) in [6.07, 6.45) is 0. The van der Waals surface area contributed by atoms with Crippen LogP contribution in [0.5, 0.6) is 0 Å². The van der Waals surface area contributed by atoms with Crippen LogP contribution in [0.3, 0.4) is 0 Å². The molecule has 3 N–H and O–H groups in total. The molecule has 4 nitrogen and oxygen atoms in total.